The van der Waals surface area contributed by atoms with Crippen molar-refractivity contribution in [1.82, 2.24) is 15.3 Å². The van der Waals surface area contributed by atoms with Crippen LogP contribution in [0.25, 0.3) is 10.2 Å². The Morgan fingerprint density at radius 1 is 1.17 bits per heavy atom. The number of nitrogens with zero attached hydrogens (tertiary/aromatic N) is 3. The van der Waals surface area contributed by atoms with Gasteiger partial charge in [0.05, 0.1) is 15.2 Å². The first-order valence-electron chi connectivity index (χ1n) is 10.2. The summed E-state index contributed by atoms with van der Waals surface area (Å²) in [7, 11) is 3.86. The second kappa shape index (κ2) is 6.80. The maximum Gasteiger partial charge on any atom is 0.251 e. The van der Waals surface area contributed by atoms with Crippen molar-refractivity contribution in [3.63, 3.8) is 0 Å². The van der Waals surface area contributed by atoms with Crippen LogP contribution in [-0.2, 0) is 0 Å². The number of anilines is 1. The quantitative estimate of drug-likeness (QED) is 0.692. The van der Waals surface area contributed by atoms with Gasteiger partial charge >= 0.3 is 0 Å². The zero-order valence-corrected chi connectivity index (χ0v) is 17.9. The summed E-state index contributed by atoms with van der Waals surface area (Å²) in [4.78, 5) is 23.7. The molecule has 1 aromatic carbocycles. The largest absolute Gasteiger partial charge is 0.363 e. The highest BCUT2D eigenvalue weighted by molar-refractivity contribution is 7.18. The standard InChI is InChI=1S/C23H26N4OS/c1-14-4-5-19-18(8-14)26-22(29-19)16-10-23(11-16)12-17(13-23)25-21(28)15-6-7-24-20(9-15)27(2)3/h4-9,16-17H,10-13H2,1-3H3,(H,25,28). The van der Waals surface area contributed by atoms with Crippen molar-refractivity contribution < 1.29 is 4.79 Å². The van der Waals surface area contributed by atoms with Crippen molar-refractivity contribution in [2.45, 2.75) is 44.6 Å². The minimum Gasteiger partial charge on any atom is -0.363 e. The smallest absolute Gasteiger partial charge is 0.251 e. The van der Waals surface area contributed by atoms with E-state index in [1.807, 2.05) is 36.4 Å². The van der Waals surface area contributed by atoms with Crippen LogP contribution in [0.1, 0.15) is 52.5 Å². The third-order valence-corrected chi connectivity index (χ3v) is 7.63. The summed E-state index contributed by atoms with van der Waals surface area (Å²) >= 11 is 1.85. The number of hydrogen-bond acceptors (Lipinski definition) is 5. The molecule has 2 saturated carbocycles. The van der Waals surface area contributed by atoms with Gasteiger partial charge in [-0.15, -0.1) is 11.3 Å². The Morgan fingerprint density at radius 2 is 1.97 bits per heavy atom. The van der Waals surface area contributed by atoms with Gasteiger partial charge in [0.2, 0.25) is 0 Å². The van der Waals surface area contributed by atoms with E-state index in [1.165, 1.54) is 28.1 Å². The van der Waals surface area contributed by atoms with Gasteiger partial charge in [-0.3, -0.25) is 4.79 Å². The molecule has 5 nitrogen and oxygen atoms in total. The number of thiazole rings is 1. The van der Waals surface area contributed by atoms with Crippen LogP contribution < -0.4 is 10.2 Å². The first kappa shape index (κ1) is 18.6. The molecule has 1 spiro atoms. The van der Waals surface area contributed by atoms with Crippen LogP contribution in [0.15, 0.2) is 36.5 Å². The second-order valence-corrected chi connectivity index (χ2v) is 10.1. The Morgan fingerprint density at radius 3 is 2.72 bits per heavy atom. The lowest BCUT2D eigenvalue weighted by molar-refractivity contribution is -0.0187. The van der Waals surface area contributed by atoms with Gasteiger partial charge in [0.15, 0.2) is 0 Å². The summed E-state index contributed by atoms with van der Waals surface area (Å²) in [6, 6.07) is 10.5. The third-order valence-electron chi connectivity index (χ3n) is 6.43. The molecule has 1 amide bonds. The minimum atomic E-state index is 0.00719. The normalized spacial score (nSPS) is 25.5. The number of amides is 1. The number of carbonyl (C=O) groups is 1. The van der Waals surface area contributed by atoms with Crippen LogP contribution in [0.3, 0.4) is 0 Å². The Hall–Kier alpha value is -2.47. The van der Waals surface area contributed by atoms with E-state index in [9.17, 15) is 4.79 Å². The van der Waals surface area contributed by atoms with Gasteiger partial charge in [-0.2, -0.15) is 0 Å². The van der Waals surface area contributed by atoms with Crippen LogP contribution >= 0.6 is 11.3 Å². The van der Waals surface area contributed by atoms with Crippen LogP contribution in [-0.4, -0.2) is 36.0 Å². The zero-order chi connectivity index (χ0) is 20.2. The molecule has 2 aliphatic carbocycles. The number of hydrogen-bond donors (Lipinski definition) is 1. The molecule has 2 aromatic heterocycles. The summed E-state index contributed by atoms with van der Waals surface area (Å²) in [5.41, 5.74) is 3.51. The van der Waals surface area contributed by atoms with Crippen molar-refractivity contribution in [3.05, 3.63) is 52.7 Å². The molecule has 0 atom stereocenters. The summed E-state index contributed by atoms with van der Waals surface area (Å²) in [5, 5.41) is 4.49. The van der Waals surface area contributed by atoms with E-state index in [4.69, 9.17) is 4.98 Å². The number of rotatable bonds is 4. The molecule has 5 rings (SSSR count). The lowest BCUT2D eigenvalue weighted by atomic mass is 9.50. The summed E-state index contributed by atoms with van der Waals surface area (Å²) in [5.74, 6) is 1.40. The molecule has 150 valence electrons. The topological polar surface area (TPSA) is 58.1 Å². The number of carbonyl (C=O) groups excluding carboxylic acids is 1. The highest BCUT2D eigenvalue weighted by Crippen LogP contribution is 2.62. The monoisotopic (exact) mass is 406 g/mol. The molecule has 2 fully saturated rings. The average Bonchev–Trinajstić information content (AvgIpc) is 3.04. The first-order valence-corrected chi connectivity index (χ1v) is 11.0. The van der Waals surface area contributed by atoms with E-state index < -0.39 is 0 Å². The lowest BCUT2D eigenvalue weighted by Crippen LogP contribution is -2.55. The van der Waals surface area contributed by atoms with E-state index in [-0.39, 0.29) is 11.9 Å². The van der Waals surface area contributed by atoms with Crippen LogP contribution in [0.5, 0.6) is 0 Å². The fourth-order valence-electron chi connectivity index (χ4n) is 4.88. The molecular weight excluding hydrogens is 380 g/mol. The van der Waals surface area contributed by atoms with Crippen molar-refractivity contribution in [2.75, 3.05) is 19.0 Å². The maximum absolute atomic E-state index is 12.6. The Balaban J connectivity index is 1.16. The molecule has 2 heterocycles. The molecule has 1 N–H and O–H groups in total. The van der Waals surface area contributed by atoms with E-state index in [0.29, 0.717) is 16.9 Å². The molecule has 0 saturated heterocycles. The molecule has 6 heteroatoms. The highest BCUT2D eigenvalue weighted by atomic mass is 32.1. The number of nitrogens with one attached hydrogen (secondary N) is 1. The predicted molar refractivity (Wildman–Crippen MR) is 118 cm³/mol. The maximum atomic E-state index is 12.6. The SMILES string of the molecule is Cc1ccc2sc(C3CC4(CC(NC(=O)c5ccnc(N(C)C)c5)C4)C3)nc2c1. The van der Waals surface area contributed by atoms with E-state index in [2.05, 4.69) is 35.4 Å². The van der Waals surface area contributed by atoms with Gasteiger partial charge in [-0.1, -0.05) is 6.07 Å². The summed E-state index contributed by atoms with van der Waals surface area (Å²) in [6.07, 6.45) is 6.29. The van der Waals surface area contributed by atoms with Gasteiger partial charge in [-0.25, -0.2) is 9.97 Å². The van der Waals surface area contributed by atoms with Gasteiger partial charge < -0.3 is 10.2 Å². The van der Waals surface area contributed by atoms with E-state index >= 15 is 0 Å². The molecular formula is C23H26N4OS. The number of fused-ring (bicyclic) bond motifs is 1. The second-order valence-electron chi connectivity index (χ2n) is 9.00. The van der Waals surface area contributed by atoms with E-state index in [0.717, 1.165) is 24.2 Å². The van der Waals surface area contributed by atoms with Crippen molar-refractivity contribution in [1.29, 1.82) is 0 Å². The number of pyridine rings is 1. The predicted octanol–water partition coefficient (Wildman–Crippen LogP) is 4.52. The molecule has 0 aliphatic heterocycles. The first-order chi connectivity index (χ1) is 13.9. The Kier molecular flexibility index (Phi) is 4.35. The third kappa shape index (κ3) is 3.39. The average molecular weight is 407 g/mol. The Labute approximate surface area is 175 Å². The van der Waals surface area contributed by atoms with Gasteiger partial charge in [0, 0.05) is 37.8 Å². The lowest BCUT2D eigenvalue weighted by Gasteiger charge is -2.57. The molecule has 2 aliphatic rings. The van der Waals surface area contributed by atoms with Gasteiger partial charge in [-0.05, 0) is 67.9 Å². The van der Waals surface area contributed by atoms with Crippen LogP contribution in [0.4, 0.5) is 5.82 Å². The van der Waals surface area contributed by atoms with Crippen molar-refractivity contribution in [3.8, 4) is 0 Å². The summed E-state index contributed by atoms with van der Waals surface area (Å²) < 4.78 is 1.29. The van der Waals surface area contributed by atoms with Crippen molar-refractivity contribution in [2.24, 2.45) is 5.41 Å². The minimum absolute atomic E-state index is 0.00719. The Bertz CT molecular complexity index is 1080. The zero-order valence-electron chi connectivity index (χ0n) is 17.1. The highest BCUT2D eigenvalue weighted by Gasteiger charge is 2.54. The van der Waals surface area contributed by atoms with E-state index in [1.54, 1.807) is 12.3 Å². The van der Waals surface area contributed by atoms with Crippen molar-refractivity contribution >= 4 is 33.3 Å². The number of aromatic nitrogens is 2. The molecule has 29 heavy (non-hydrogen) atoms. The molecule has 0 radical (unpaired) electrons. The van der Waals surface area contributed by atoms with Crippen LogP contribution in [0.2, 0.25) is 0 Å². The molecule has 3 aromatic rings. The molecule has 0 unspecified atom stereocenters. The van der Waals surface area contributed by atoms with Gasteiger partial charge in [0.25, 0.3) is 5.91 Å². The van der Waals surface area contributed by atoms with Gasteiger partial charge in [0.1, 0.15) is 5.82 Å². The summed E-state index contributed by atoms with van der Waals surface area (Å²) in [6.45, 7) is 2.12. The fraction of sp³-hybridized carbons (Fsp3) is 0.435. The number of benzene rings is 1. The van der Waals surface area contributed by atoms with Crippen LogP contribution in [0, 0.1) is 12.3 Å². The molecule has 0 bridgehead atoms. The fourth-order valence-corrected chi connectivity index (χ4v) is 5.93. The number of aryl methyl sites for hydroxylation is 1.